The molecule has 6 heteroatoms. The van der Waals surface area contributed by atoms with Crippen molar-refractivity contribution in [3.63, 3.8) is 0 Å². The standard InChI is InChI=1S/C16H15N3O3/c1-18(12-14-6-2-3-7-15(14)19(21)22)16(20)9-8-13-5-4-10-17-11-13/h2-11H,12H2,1H3. The normalized spacial score (nSPS) is 10.6. The van der Waals surface area contributed by atoms with Gasteiger partial charge in [0, 0.05) is 37.1 Å². The van der Waals surface area contributed by atoms with Gasteiger partial charge in [0.25, 0.3) is 5.69 Å². The van der Waals surface area contributed by atoms with Crippen LogP contribution in [0.4, 0.5) is 5.69 Å². The lowest BCUT2D eigenvalue weighted by atomic mass is 10.1. The van der Waals surface area contributed by atoms with Crippen molar-refractivity contribution >= 4 is 17.7 Å². The monoisotopic (exact) mass is 297 g/mol. The summed E-state index contributed by atoms with van der Waals surface area (Å²) in [6.07, 6.45) is 6.38. The predicted octanol–water partition coefficient (Wildman–Crippen LogP) is 2.66. The Labute approximate surface area is 127 Å². The van der Waals surface area contributed by atoms with Crippen LogP contribution in [0.3, 0.4) is 0 Å². The fraction of sp³-hybridized carbons (Fsp3) is 0.125. The van der Waals surface area contributed by atoms with E-state index >= 15 is 0 Å². The van der Waals surface area contributed by atoms with E-state index in [4.69, 9.17) is 0 Å². The SMILES string of the molecule is CN(Cc1ccccc1[N+](=O)[O-])C(=O)C=Cc1cccnc1. The van der Waals surface area contributed by atoms with Crippen molar-refractivity contribution in [2.75, 3.05) is 7.05 Å². The van der Waals surface area contributed by atoms with Crippen LogP contribution >= 0.6 is 0 Å². The lowest BCUT2D eigenvalue weighted by Crippen LogP contribution is -2.24. The van der Waals surface area contributed by atoms with Gasteiger partial charge < -0.3 is 4.90 Å². The molecule has 1 aromatic heterocycles. The van der Waals surface area contributed by atoms with Crippen molar-refractivity contribution in [3.05, 3.63) is 76.1 Å². The van der Waals surface area contributed by atoms with Gasteiger partial charge in [0.2, 0.25) is 5.91 Å². The van der Waals surface area contributed by atoms with Crippen LogP contribution in [-0.4, -0.2) is 27.8 Å². The Bertz CT molecular complexity index is 699. The Morgan fingerprint density at radius 1 is 1.32 bits per heavy atom. The van der Waals surface area contributed by atoms with Gasteiger partial charge in [-0.3, -0.25) is 19.9 Å². The molecule has 0 radical (unpaired) electrons. The van der Waals surface area contributed by atoms with Gasteiger partial charge in [-0.05, 0) is 17.7 Å². The maximum atomic E-state index is 12.1. The van der Waals surface area contributed by atoms with Crippen molar-refractivity contribution in [1.82, 2.24) is 9.88 Å². The third-order valence-corrected chi connectivity index (χ3v) is 3.07. The number of aromatic nitrogens is 1. The molecule has 22 heavy (non-hydrogen) atoms. The van der Waals surface area contributed by atoms with Gasteiger partial charge in [-0.25, -0.2) is 0 Å². The van der Waals surface area contributed by atoms with Crippen LogP contribution in [0, 0.1) is 10.1 Å². The quantitative estimate of drug-likeness (QED) is 0.483. The summed E-state index contributed by atoms with van der Waals surface area (Å²) in [5.41, 5.74) is 1.33. The van der Waals surface area contributed by atoms with E-state index in [-0.39, 0.29) is 18.1 Å². The first-order valence-electron chi connectivity index (χ1n) is 6.63. The first-order chi connectivity index (χ1) is 10.6. The molecule has 1 aromatic carbocycles. The van der Waals surface area contributed by atoms with Crippen molar-refractivity contribution in [3.8, 4) is 0 Å². The number of para-hydroxylation sites is 1. The highest BCUT2D eigenvalue weighted by Crippen LogP contribution is 2.19. The maximum absolute atomic E-state index is 12.1. The van der Waals surface area contributed by atoms with E-state index in [2.05, 4.69) is 4.98 Å². The molecule has 0 aliphatic heterocycles. The third-order valence-electron chi connectivity index (χ3n) is 3.07. The molecule has 0 saturated heterocycles. The van der Waals surface area contributed by atoms with E-state index in [0.29, 0.717) is 5.56 Å². The second-order valence-corrected chi connectivity index (χ2v) is 4.70. The summed E-state index contributed by atoms with van der Waals surface area (Å²) >= 11 is 0. The molecule has 2 aromatic rings. The average molecular weight is 297 g/mol. The Kier molecular flexibility index (Phi) is 4.98. The molecule has 0 saturated carbocycles. The van der Waals surface area contributed by atoms with E-state index in [9.17, 15) is 14.9 Å². The molecular formula is C16H15N3O3. The number of hydrogen-bond donors (Lipinski definition) is 0. The summed E-state index contributed by atoms with van der Waals surface area (Å²) in [7, 11) is 1.60. The van der Waals surface area contributed by atoms with Gasteiger partial charge >= 0.3 is 0 Å². The first-order valence-corrected chi connectivity index (χ1v) is 6.63. The maximum Gasteiger partial charge on any atom is 0.274 e. The molecule has 1 amide bonds. The van der Waals surface area contributed by atoms with Crippen molar-refractivity contribution in [2.45, 2.75) is 6.54 Å². The summed E-state index contributed by atoms with van der Waals surface area (Å²) in [6.45, 7) is 0.174. The molecule has 0 fully saturated rings. The molecular weight excluding hydrogens is 282 g/mol. The van der Waals surface area contributed by atoms with Gasteiger partial charge in [-0.1, -0.05) is 24.3 Å². The number of benzene rings is 1. The highest BCUT2D eigenvalue weighted by atomic mass is 16.6. The third kappa shape index (κ3) is 3.99. The molecule has 0 N–H and O–H groups in total. The largest absolute Gasteiger partial charge is 0.338 e. The second-order valence-electron chi connectivity index (χ2n) is 4.70. The molecule has 0 bridgehead atoms. The smallest absolute Gasteiger partial charge is 0.274 e. The molecule has 0 aliphatic carbocycles. The van der Waals surface area contributed by atoms with E-state index in [0.717, 1.165) is 5.56 Å². The zero-order valence-corrected chi connectivity index (χ0v) is 12.0. The number of amides is 1. The number of nitro benzene ring substituents is 1. The Hall–Kier alpha value is -3.02. The Morgan fingerprint density at radius 3 is 2.77 bits per heavy atom. The molecule has 0 unspecified atom stereocenters. The van der Waals surface area contributed by atoms with Crippen molar-refractivity contribution in [2.24, 2.45) is 0 Å². The first kappa shape index (κ1) is 15.4. The van der Waals surface area contributed by atoms with Gasteiger partial charge in [-0.2, -0.15) is 0 Å². The minimum Gasteiger partial charge on any atom is -0.338 e. The number of pyridine rings is 1. The van der Waals surface area contributed by atoms with Crippen LogP contribution in [0.25, 0.3) is 6.08 Å². The van der Waals surface area contributed by atoms with Gasteiger partial charge in [0.05, 0.1) is 11.5 Å². The van der Waals surface area contributed by atoms with E-state index in [1.807, 2.05) is 6.07 Å². The average Bonchev–Trinajstić information content (AvgIpc) is 2.53. The predicted molar refractivity (Wildman–Crippen MR) is 82.8 cm³/mol. The molecule has 6 nitrogen and oxygen atoms in total. The number of nitrogens with zero attached hydrogens (tertiary/aromatic N) is 3. The van der Waals surface area contributed by atoms with Crippen LogP contribution in [0.5, 0.6) is 0 Å². The number of hydrogen-bond acceptors (Lipinski definition) is 4. The van der Waals surface area contributed by atoms with E-state index in [1.165, 1.54) is 17.0 Å². The van der Waals surface area contributed by atoms with Crippen LogP contribution < -0.4 is 0 Å². The van der Waals surface area contributed by atoms with Crippen LogP contribution in [0.2, 0.25) is 0 Å². The molecule has 0 aliphatic rings. The summed E-state index contributed by atoms with van der Waals surface area (Å²) in [5, 5.41) is 11.0. The van der Waals surface area contributed by atoms with Gasteiger partial charge in [-0.15, -0.1) is 0 Å². The zero-order chi connectivity index (χ0) is 15.9. The molecule has 2 rings (SSSR count). The lowest BCUT2D eigenvalue weighted by molar-refractivity contribution is -0.385. The Morgan fingerprint density at radius 2 is 2.09 bits per heavy atom. The number of carbonyl (C=O) groups is 1. The van der Waals surface area contributed by atoms with Gasteiger partial charge in [0.15, 0.2) is 0 Å². The molecule has 0 spiro atoms. The molecule has 112 valence electrons. The summed E-state index contributed by atoms with van der Waals surface area (Å²) < 4.78 is 0. The highest BCUT2D eigenvalue weighted by Gasteiger charge is 2.15. The van der Waals surface area contributed by atoms with Crippen LogP contribution in [-0.2, 0) is 11.3 Å². The fourth-order valence-corrected chi connectivity index (χ4v) is 1.93. The molecule has 1 heterocycles. The summed E-state index contributed by atoms with van der Waals surface area (Å²) in [4.78, 5) is 28.0. The zero-order valence-electron chi connectivity index (χ0n) is 12.0. The van der Waals surface area contributed by atoms with Gasteiger partial charge in [0.1, 0.15) is 0 Å². The number of carbonyl (C=O) groups excluding carboxylic acids is 1. The fourth-order valence-electron chi connectivity index (χ4n) is 1.93. The van der Waals surface area contributed by atoms with E-state index < -0.39 is 4.92 Å². The summed E-state index contributed by atoms with van der Waals surface area (Å²) in [6, 6.07) is 10.0. The minimum atomic E-state index is -0.445. The Balaban J connectivity index is 2.06. The number of likely N-dealkylation sites (N-methyl/N-ethyl adjacent to an activating group) is 1. The van der Waals surface area contributed by atoms with Crippen LogP contribution in [0.15, 0.2) is 54.9 Å². The number of nitro groups is 1. The van der Waals surface area contributed by atoms with E-state index in [1.54, 1.807) is 49.8 Å². The second kappa shape index (κ2) is 7.12. The highest BCUT2D eigenvalue weighted by molar-refractivity contribution is 5.91. The summed E-state index contributed by atoms with van der Waals surface area (Å²) in [5.74, 6) is -0.234. The van der Waals surface area contributed by atoms with Crippen LogP contribution in [0.1, 0.15) is 11.1 Å². The topological polar surface area (TPSA) is 76.3 Å². The number of rotatable bonds is 5. The molecule has 0 atom stereocenters. The lowest BCUT2D eigenvalue weighted by Gasteiger charge is -2.15. The van der Waals surface area contributed by atoms with Crippen molar-refractivity contribution < 1.29 is 9.72 Å². The van der Waals surface area contributed by atoms with Crippen molar-refractivity contribution in [1.29, 1.82) is 0 Å². The minimum absolute atomic E-state index is 0.0124.